The van der Waals surface area contributed by atoms with Crippen LogP contribution in [-0.2, 0) is 12.8 Å². The summed E-state index contributed by atoms with van der Waals surface area (Å²) >= 11 is 20.7. The Labute approximate surface area is 222 Å². The highest BCUT2D eigenvalue weighted by molar-refractivity contribution is 9.10. The molecule has 0 spiro atoms. The normalized spacial score (nSPS) is 15.0. The van der Waals surface area contributed by atoms with E-state index >= 15 is 0 Å². The van der Waals surface area contributed by atoms with Crippen molar-refractivity contribution in [3.05, 3.63) is 82.5 Å². The Kier molecular flexibility index (Phi) is 7.32. The number of fused-ring (bicyclic) bond motifs is 1. The minimum absolute atomic E-state index is 0.147. The maximum Gasteiger partial charge on any atom is 0.267 e. The molecular formula is C24H16Br2Cl2N2O2S. The van der Waals surface area contributed by atoms with Gasteiger partial charge in [0.25, 0.3) is 11.8 Å². The number of nitrogens with zero attached hydrogens (tertiary/aromatic N) is 2. The van der Waals surface area contributed by atoms with Crippen LogP contribution in [0, 0.1) is 17.2 Å². The van der Waals surface area contributed by atoms with Crippen molar-refractivity contribution in [2.75, 3.05) is 4.90 Å². The minimum atomic E-state index is -0.620. The molecule has 2 aromatic carbocycles. The van der Waals surface area contributed by atoms with Gasteiger partial charge in [0.15, 0.2) is 0 Å². The standard InChI is InChI=1S/C24H16Br2Cl2N2O2S/c1-12-2-5-15-18(11-29)24(33-21(15)8-12)30(22(31)16-9-13(25)3-6-19(16)27)23(32)17-10-14(26)4-7-20(17)28/h3-4,6-7,9-10,12H,2,5,8H2,1H3/t12-/m0/s1. The third-order valence-electron chi connectivity index (χ3n) is 5.53. The quantitative estimate of drug-likeness (QED) is 0.276. The highest BCUT2D eigenvalue weighted by Crippen LogP contribution is 2.43. The fourth-order valence-corrected chi connectivity index (χ4v) is 6.43. The average molecular weight is 627 g/mol. The van der Waals surface area contributed by atoms with Crippen LogP contribution >= 0.6 is 66.4 Å². The van der Waals surface area contributed by atoms with Crippen molar-refractivity contribution in [1.29, 1.82) is 5.26 Å². The molecule has 1 heterocycles. The van der Waals surface area contributed by atoms with Gasteiger partial charge in [-0.05, 0) is 67.1 Å². The van der Waals surface area contributed by atoms with Crippen LogP contribution in [0.4, 0.5) is 5.00 Å². The van der Waals surface area contributed by atoms with E-state index in [2.05, 4.69) is 44.9 Å². The van der Waals surface area contributed by atoms with E-state index in [4.69, 9.17) is 23.2 Å². The minimum Gasteiger partial charge on any atom is -0.268 e. The number of nitriles is 1. The lowest BCUT2D eigenvalue weighted by molar-refractivity contribution is 0.0898. The maximum atomic E-state index is 13.8. The number of hydrogen-bond acceptors (Lipinski definition) is 4. The molecule has 3 aromatic rings. The topological polar surface area (TPSA) is 61.2 Å². The van der Waals surface area contributed by atoms with Crippen LogP contribution in [0.2, 0.25) is 10.0 Å². The summed E-state index contributed by atoms with van der Waals surface area (Å²) in [6.07, 6.45) is 2.50. The SMILES string of the molecule is C[C@H]1CCc2c(sc(N(C(=O)c3cc(Br)ccc3Cl)C(=O)c3cc(Br)ccc3Cl)c2C#N)C1. The maximum absolute atomic E-state index is 13.8. The molecule has 1 aliphatic carbocycles. The first-order valence-electron chi connectivity index (χ1n) is 10.0. The van der Waals surface area contributed by atoms with Gasteiger partial charge in [-0.1, -0.05) is 62.0 Å². The Hall–Kier alpha value is -1.69. The van der Waals surface area contributed by atoms with E-state index in [0.717, 1.165) is 34.6 Å². The predicted octanol–water partition coefficient (Wildman–Crippen LogP) is 8.06. The van der Waals surface area contributed by atoms with Crippen molar-refractivity contribution in [2.24, 2.45) is 5.92 Å². The number of anilines is 1. The van der Waals surface area contributed by atoms with Crippen molar-refractivity contribution in [1.82, 2.24) is 0 Å². The summed E-state index contributed by atoms with van der Waals surface area (Å²) in [7, 11) is 0. The molecule has 0 unspecified atom stereocenters. The van der Waals surface area contributed by atoms with Gasteiger partial charge in [0.05, 0.1) is 26.7 Å². The Bertz CT molecular complexity index is 1270. The first-order chi connectivity index (χ1) is 15.7. The molecule has 0 aliphatic heterocycles. The van der Waals surface area contributed by atoms with Gasteiger partial charge >= 0.3 is 0 Å². The molecule has 1 atom stereocenters. The lowest BCUT2D eigenvalue weighted by Gasteiger charge is -2.21. The number of carbonyl (C=O) groups excluding carboxylic acids is 2. The van der Waals surface area contributed by atoms with E-state index < -0.39 is 11.8 Å². The van der Waals surface area contributed by atoms with Gasteiger partial charge < -0.3 is 0 Å². The Balaban J connectivity index is 1.94. The smallest absolute Gasteiger partial charge is 0.267 e. The summed E-state index contributed by atoms with van der Waals surface area (Å²) < 4.78 is 1.28. The zero-order valence-corrected chi connectivity index (χ0v) is 22.8. The number of imide groups is 1. The van der Waals surface area contributed by atoms with Crippen LogP contribution in [0.15, 0.2) is 45.3 Å². The molecule has 168 valence electrons. The molecule has 1 aliphatic rings. The molecule has 0 bridgehead atoms. The molecule has 0 radical (unpaired) electrons. The van der Waals surface area contributed by atoms with Gasteiger partial charge in [-0.3, -0.25) is 9.59 Å². The number of halogens is 4. The molecule has 0 saturated carbocycles. The second-order valence-electron chi connectivity index (χ2n) is 7.84. The summed E-state index contributed by atoms with van der Waals surface area (Å²) in [5, 5.41) is 10.7. The Morgan fingerprint density at radius 2 is 1.61 bits per heavy atom. The summed E-state index contributed by atoms with van der Waals surface area (Å²) in [4.78, 5) is 29.7. The van der Waals surface area contributed by atoms with Crippen LogP contribution in [0.3, 0.4) is 0 Å². The van der Waals surface area contributed by atoms with Crippen LogP contribution in [0.1, 0.15) is 50.1 Å². The third-order valence-corrected chi connectivity index (χ3v) is 8.42. The van der Waals surface area contributed by atoms with Gasteiger partial charge in [-0.25, -0.2) is 4.90 Å². The summed E-state index contributed by atoms with van der Waals surface area (Å²) in [5.74, 6) is -0.773. The van der Waals surface area contributed by atoms with Gasteiger partial charge in [0, 0.05) is 13.8 Å². The van der Waals surface area contributed by atoms with Gasteiger partial charge in [-0.2, -0.15) is 5.26 Å². The number of benzene rings is 2. The number of carbonyl (C=O) groups is 2. The molecule has 33 heavy (non-hydrogen) atoms. The zero-order valence-electron chi connectivity index (χ0n) is 17.3. The summed E-state index contributed by atoms with van der Waals surface area (Å²) in [6.45, 7) is 2.16. The second-order valence-corrected chi connectivity index (χ2v) is 11.6. The van der Waals surface area contributed by atoms with Crippen LogP contribution < -0.4 is 4.90 Å². The van der Waals surface area contributed by atoms with Crippen molar-refractivity contribution in [2.45, 2.75) is 26.2 Å². The fourth-order valence-electron chi connectivity index (χ4n) is 3.85. The van der Waals surface area contributed by atoms with Crippen LogP contribution in [-0.4, -0.2) is 11.8 Å². The van der Waals surface area contributed by atoms with Crippen molar-refractivity contribution in [3.8, 4) is 6.07 Å². The molecule has 4 nitrogen and oxygen atoms in total. The van der Waals surface area contributed by atoms with Crippen molar-refractivity contribution in [3.63, 3.8) is 0 Å². The second kappa shape index (κ2) is 9.89. The molecule has 0 saturated heterocycles. The van der Waals surface area contributed by atoms with Gasteiger partial charge in [-0.15, -0.1) is 11.3 Å². The highest BCUT2D eigenvalue weighted by Gasteiger charge is 2.35. The fraction of sp³-hybridized carbons (Fsp3) is 0.208. The molecule has 4 rings (SSSR count). The summed E-state index contributed by atoms with van der Waals surface area (Å²) in [5.41, 5.74) is 1.57. The van der Waals surface area contributed by atoms with Crippen molar-refractivity contribution < 1.29 is 9.59 Å². The first kappa shape index (κ1) is 24.4. The average Bonchev–Trinajstić information content (AvgIpc) is 3.13. The van der Waals surface area contributed by atoms with E-state index in [9.17, 15) is 14.9 Å². The lowest BCUT2D eigenvalue weighted by atomic mass is 9.88. The molecule has 1 aromatic heterocycles. The molecule has 2 amide bonds. The summed E-state index contributed by atoms with van der Waals surface area (Å²) in [6, 6.07) is 12.0. The van der Waals surface area contributed by atoms with Gasteiger partial charge in [0.2, 0.25) is 0 Å². The number of thiophene rings is 1. The largest absolute Gasteiger partial charge is 0.268 e. The molecule has 0 fully saturated rings. The lowest BCUT2D eigenvalue weighted by Crippen LogP contribution is -2.37. The van der Waals surface area contributed by atoms with Crippen LogP contribution in [0.25, 0.3) is 0 Å². The van der Waals surface area contributed by atoms with E-state index in [1.807, 2.05) is 0 Å². The van der Waals surface area contributed by atoms with E-state index in [0.29, 0.717) is 25.4 Å². The third kappa shape index (κ3) is 4.78. The molecule has 9 heteroatoms. The number of hydrogen-bond donors (Lipinski definition) is 0. The van der Waals surface area contributed by atoms with E-state index in [1.54, 1.807) is 36.4 Å². The Morgan fingerprint density at radius 3 is 2.12 bits per heavy atom. The van der Waals surface area contributed by atoms with E-state index in [-0.39, 0.29) is 21.2 Å². The van der Waals surface area contributed by atoms with Gasteiger partial charge in [0.1, 0.15) is 11.1 Å². The molecule has 0 N–H and O–H groups in total. The highest BCUT2D eigenvalue weighted by atomic mass is 79.9. The van der Waals surface area contributed by atoms with Crippen LogP contribution in [0.5, 0.6) is 0 Å². The first-order valence-corrected chi connectivity index (χ1v) is 13.2. The Morgan fingerprint density at radius 1 is 1.06 bits per heavy atom. The predicted molar refractivity (Wildman–Crippen MR) is 140 cm³/mol. The molecular weight excluding hydrogens is 611 g/mol. The van der Waals surface area contributed by atoms with E-state index in [1.165, 1.54) is 11.3 Å². The monoisotopic (exact) mass is 624 g/mol. The number of rotatable bonds is 3. The zero-order chi connectivity index (χ0) is 23.9. The number of amides is 2. The van der Waals surface area contributed by atoms with Crippen molar-refractivity contribution >= 4 is 83.2 Å².